The number of aromatic nitrogens is 4. The number of aryl methyl sites for hydroxylation is 3. The molecule has 3 aromatic rings. The number of carbonyl (C=O) groups excluding carboxylic acids is 2. The summed E-state index contributed by atoms with van der Waals surface area (Å²) < 4.78 is 1.51. The van der Waals surface area contributed by atoms with Crippen molar-refractivity contribution in [2.75, 3.05) is 17.6 Å². The molecule has 34 heavy (non-hydrogen) atoms. The predicted octanol–water partition coefficient (Wildman–Crippen LogP) is 3.83. The number of rotatable bonds is 8. The Kier molecular flexibility index (Phi) is 8.09. The standard InChI is InChI=1S/C25H32N6O2S/c1-16-13-19(25(3,4)5)14-17(2)21(16)11-12-26-23(33)18-7-9-20(10-8-18)27-22(32)15-34-24-28-29-30-31(24)6/h7-10,13-14H,11-12,15H2,1-6H3,(H,26,33)(H,27,32). The minimum Gasteiger partial charge on any atom is -0.352 e. The van der Waals surface area contributed by atoms with Crippen LogP contribution < -0.4 is 10.6 Å². The minimum atomic E-state index is -0.173. The van der Waals surface area contributed by atoms with Crippen LogP contribution in [-0.2, 0) is 23.7 Å². The van der Waals surface area contributed by atoms with Gasteiger partial charge in [0.25, 0.3) is 5.91 Å². The lowest BCUT2D eigenvalue weighted by Gasteiger charge is -2.22. The van der Waals surface area contributed by atoms with E-state index in [1.165, 1.54) is 38.7 Å². The van der Waals surface area contributed by atoms with Crippen LogP contribution in [0.3, 0.4) is 0 Å². The Morgan fingerprint density at radius 3 is 2.26 bits per heavy atom. The molecule has 3 rings (SSSR count). The molecule has 0 saturated heterocycles. The Labute approximate surface area is 204 Å². The van der Waals surface area contributed by atoms with Crippen molar-refractivity contribution < 1.29 is 9.59 Å². The fourth-order valence-corrected chi connectivity index (χ4v) is 4.25. The lowest BCUT2D eigenvalue weighted by atomic mass is 9.83. The fraction of sp³-hybridized carbons (Fsp3) is 0.400. The Morgan fingerprint density at radius 1 is 1.06 bits per heavy atom. The molecule has 1 aromatic heterocycles. The largest absolute Gasteiger partial charge is 0.352 e. The zero-order valence-electron chi connectivity index (χ0n) is 20.6. The first kappa shape index (κ1) is 25.4. The van der Waals surface area contributed by atoms with Crippen LogP contribution >= 0.6 is 11.8 Å². The second-order valence-corrected chi connectivity index (χ2v) is 10.3. The number of anilines is 1. The van der Waals surface area contributed by atoms with Gasteiger partial charge in [-0.05, 0) is 82.6 Å². The molecule has 1 heterocycles. The Hall–Kier alpha value is -3.20. The van der Waals surface area contributed by atoms with Crippen molar-refractivity contribution in [3.63, 3.8) is 0 Å². The normalized spacial score (nSPS) is 11.4. The van der Waals surface area contributed by atoms with Gasteiger partial charge in [0.1, 0.15) is 0 Å². The van der Waals surface area contributed by atoms with E-state index in [2.05, 4.69) is 72.9 Å². The summed E-state index contributed by atoms with van der Waals surface area (Å²) in [5.74, 6) is -0.121. The van der Waals surface area contributed by atoms with E-state index in [9.17, 15) is 9.59 Å². The monoisotopic (exact) mass is 480 g/mol. The summed E-state index contributed by atoms with van der Waals surface area (Å²) in [5, 5.41) is 17.5. The van der Waals surface area contributed by atoms with Gasteiger partial charge in [0, 0.05) is 24.8 Å². The number of tetrazole rings is 1. The van der Waals surface area contributed by atoms with Crippen molar-refractivity contribution >= 4 is 29.3 Å². The zero-order valence-corrected chi connectivity index (χ0v) is 21.4. The third-order valence-corrected chi connectivity index (χ3v) is 6.58. The van der Waals surface area contributed by atoms with Gasteiger partial charge in [0.2, 0.25) is 11.1 Å². The van der Waals surface area contributed by atoms with Gasteiger partial charge >= 0.3 is 0 Å². The van der Waals surface area contributed by atoms with Gasteiger partial charge in [-0.1, -0.05) is 44.7 Å². The maximum Gasteiger partial charge on any atom is 0.251 e. The second kappa shape index (κ2) is 10.8. The van der Waals surface area contributed by atoms with E-state index >= 15 is 0 Å². The summed E-state index contributed by atoms with van der Waals surface area (Å²) in [6, 6.07) is 11.4. The van der Waals surface area contributed by atoms with Gasteiger partial charge in [0.15, 0.2) is 0 Å². The Bertz CT molecular complexity index is 1140. The smallest absolute Gasteiger partial charge is 0.251 e. The number of carbonyl (C=O) groups is 2. The zero-order chi connectivity index (χ0) is 24.9. The molecular weight excluding hydrogens is 448 g/mol. The van der Waals surface area contributed by atoms with Gasteiger partial charge in [0.05, 0.1) is 5.75 Å². The Balaban J connectivity index is 1.49. The number of amides is 2. The third-order valence-electron chi connectivity index (χ3n) is 5.57. The van der Waals surface area contributed by atoms with Crippen LogP contribution in [0.5, 0.6) is 0 Å². The SMILES string of the molecule is Cc1cc(C(C)(C)C)cc(C)c1CCNC(=O)c1ccc(NC(=O)CSc2nnnn2C)cc1. The van der Waals surface area contributed by atoms with Gasteiger partial charge in [-0.3, -0.25) is 9.59 Å². The number of hydrogen-bond donors (Lipinski definition) is 2. The molecule has 8 nitrogen and oxygen atoms in total. The highest BCUT2D eigenvalue weighted by atomic mass is 32.2. The van der Waals surface area contributed by atoms with E-state index in [-0.39, 0.29) is 23.0 Å². The highest BCUT2D eigenvalue weighted by Gasteiger charge is 2.16. The minimum absolute atomic E-state index is 0.112. The van der Waals surface area contributed by atoms with Gasteiger partial charge in [-0.25, -0.2) is 4.68 Å². The van der Waals surface area contributed by atoms with Crippen LogP contribution in [0.4, 0.5) is 5.69 Å². The number of hydrogen-bond acceptors (Lipinski definition) is 6. The van der Waals surface area contributed by atoms with E-state index in [0.29, 0.717) is 23.0 Å². The van der Waals surface area contributed by atoms with E-state index < -0.39 is 0 Å². The molecule has 0 aliphatic carbocycles. The molecule has 0 aliphatic heterocycles. The molecule has 2 aromatic carbocycles. The number of thioether (sulfide) groups is 1. The summed E-state index contributed by atoms with van der Waals surface area (Å²) in [5.41, 5.74) is 6.41. The van der Waals surface area contributed by atoms with Crippen LogP contribution in [0.2, 0.25) is 0 Å². The molecule has 0 saturated carbocycles. The van der Waals surface area contributed by atoms with E-state index in [4.69, 9.17) is 0 Å². The van der Waals surface area contributed by atoms with Crippen molar-refractivity contribution in [3.05, 3.63) is 64.2 Å². The fourth-order valence-electron chi connectivity index (χ4n) is 3.60. The van der Waals surface area contributed by atoms with Crippen molar-refractivity contribution in [2.45, 2.75) is 51.6 Å². The van der Waals surface area contributed by atoms with Crippen molar-refractivity contribution in [1.29, 1.82) is 0 Å². The van der Waals surface area contributed by atoms with Gasteiger partial charge < -0.3 is 10.6 Å². The average Bonchev–Trinajstić information content (AvgIpc) is 3.18. The summed E-state index contributed by atoms with van der Waals surface area (Å²) in [4.78, 5) is 24.7. The molecule has 2 N–H and O–H groups in total. The van der Waals surface area contributed by atoms with Crippen LogP contribution in [0, 0.1) is 13.8 Å². The molecule has 0 fully saturated rings. The molecule has 0 radical (unpaired) electrons. The van der Waals surface area contributed by atoms with Crippen LogP contribution in [0.1, 0.15) is 53.4 Å². The lowest BCUT2D eigenvalue weighted by molar-refractivity contribution is -0.113. The first-order valence-electron chi connectivity index (χ1n) is 11.2. The molecule has 180 valence electrons. The van der Waals surface area contributed by atoms with Crippen molar-refractivity contribution in [1.82, 2.24) is 25.5 Å². The van der Waals surface area contributed by atoms with E-state index in [0.717, 1.165) is 6.42 Å². The molecule has 0 bridgehead atoms. The highest BCUT2D eigenvalue weighted by molar-refractivity contribution is 7.99. The maximum absolute atomic E-state index is 12.6. The molecule has 9 heteroatoms. The molecule has 0 atom stereocenters. The van der Waals surface area contributed by atoms with E-state index in [1.807, 2.05) is 0 Å². The van der Waals surface area contributed by atoms with Crippen LogP contribution in [0.25, 0.3) is 0 Å². The third kappa shape index (κ3) is 6.66. The highest BCUT2D eigenvalue weighted by Crippen LogP contribution is 2.27. The number of nitrogens with one attached hydrogen (secondary N) is 2. The predicted molar refractivity (Wildman–Crippen MR) is 135 cm³/mol. The van der Waals surface area contributed by atoms with Crippen LogP contribution in [0.15, 0.2) is 41.6 Å². The van der Waals surface area contributed by atoms with Gasteiger partial charge in [-0.2, -0.15) is 0 Å². The molecule has 0 unspecified atom stereocenters. The quantitative estimate of drug-likeness (QED) is 0.475. The summed E-state index contributed by atoms with van der Waals surface area (Å²) in [6.07, 6.45) is 0.778. The average molecular weight is 481 g/mol. The maximum atomic E-state index is 12.6. The van der Waals surface area contributed by atoms with E-state index in [1.54, 1.807) is 31.3 Å². The first-order valence-corrected chi connectivity index (χ1v) is 12.2. The second-order valence-electron chi connectivity index (χ2n) is 9.34. The number of nitrogens with zero attached hydrogens (tertiary/aromatic N) is 4. The molecule has 0 aliphatic rings. The molecule has 2 amide bonds. The van der Waals surface area contributed by atoms with Crippen molar-refractivity contribution in [2.24, 2.45) is 7.05 Å². The Morgan fingerprint density at radius 2 is 1.71 bits per heavy atom. The molecular formula is C25H32N6O2S. The topological polar surface area (TPSA) is 102 Å². The lowest BCUT2D eigenvalue weighted by Crippen LogP contribution is -2.26. The van der Waals surface area contributed by atoms with Crippen LogP contribution in [-0.4, -0.2) is 44.3 Å². The van der Waals surface area contributed by atoms with Gasteiger partial charge in [-0.15, -0.1) is 5.10 Å². The summed E-state index contributed by atoms with van der Waals surface area (Å²) >= 11 is 1.25. The summed E-state index contributed by atoms with van der Waals surface area (Å²) in [6.45, 7) is 11.5. The molecule has 0 spiro atoms. The van der Waals surface area contributed by atoms with Crippen molar-refractivity contribution in [3.8, 4) is 0 Å². The summed E-state index contributed by atoms with van der Waals surface area (Å²) in [7, 11) is 1.72. The first-order chi connectivity index (χ1) is 16.0. The number of benzene rings is 2.